The number of hydrogen-bond donors (Lipinski definition) is 3. The molecule has 2 saturated heterocycles. The molecule has 2 atom stereocenters. The Morgan fingerprint density at radius 3 is 2.60 bits per heavy atom. The van der Waals surface area contributed by atoms with Crippen molar-refractivity contribution in [2.45, 2.75) is 56.0 Å². The number of sulfonamides is 1. The smallest absolute Gasteiger partial charge is 0.322 e. The van der Waals surface area contributed by atoms with Crippen LogP contribution in [0, 0.1) is 12.8 Å². The fourth-order valence-electron chi connectivity index (χ4n) is 4.13. The van der Waals surface area contributed by atoms with Crippen molar-refractivity contribution in [3.63, 3.8) is 0 Å². The maximum Gasteiger partial charge on any atom is 0.322 e. The van der Waals surface area contributed by atoms with Crippen molar-refractivity contribution in [3.05, 3.63) is 29.3 Å². The normalized spacial score (nSPS) is 27.0. The Morgan fingerprint density at radius 2 is 1.97 bits per heavy atom. The number of urea groups is 1. The summed E-state index contributed by atoms with van der Waals surface area (Å²) in [6, 6.07) is 4.03. The summed E-state index contributed by atoms with van der Waals surface area (Å²) in [5.74, 6) is -0.887. The van der Waals surface area contributed by atoms with Gasteiger partial charge in [0.15, 0.2) is 0 Å². The van der Waals surface area contributed by atoms with E-state index >= 15 is 0 Å². The zero-order valence-corrected chi connectivity index (χ0v) is 17.8. The highest BCUT2D eigenvalue weighted by molar-refractivity contribution is 7.89. The first-order chi connectivity index (χ1) is 14.1. The lowest BCUT2D eigenvalue weighted by Crippen LogP contribution is -2.56. The minimum atomic E-state index is -3.67. The molecule has 1 aromatic rings. The molecule has 10 heteroatoms. The van der Waals surface area contributed by atoms with Crippen LogP contribution in [0.1, 0.15) is 48.5 Å². The van der Waals surface area contributed by atoms with Crippen LogP contribution in [-0.2, 0) is 14.8 Å². The van der Waals surface area contributed by atoms with E-state index in [1.807, 2.05) is 0 Å². The first-order valence-corrected chi connectivity index (χ1v) is 11.6. The third-order valence-corrected chi connectivity index (χ3v) is 7.76. The van der Waals surface area contributed by atoms with Crippen LogP contribution in [0.5, 0.6) is 0 Å². The zero-order chi connectivity index (χ0) is 21.7. The van der Waals surface area contributed by atoms with Crippen LogP contribution in [0.4, 0.5) is 4.79 Å². The summed E-state index contributed by atoms with van der Waals surface area (Å²) in [6.07, 6.45) is 3.05. The molecule has 1 aliphatic carbocycles. The van der Waals surface area contributed by atoms with E-state index in [0.29, 0.717) is 37.1 Å². The summed E-state index contributed by atoms with van der Waals surface area (Å²) in [7, 11) is -3.67. The van der Waals surface area contributed by atoms with Gasteiger partial charge in [-0.1, -0.05) is 6.07 Å². The van der Waals surface area contributed by atoms with Crippen LogP contribution in [0.2, 0.25) is 0 Å². The van der Waals surface area contributed by atoms with E-state index in [9.17, 15) is 22.8 Å². The largest absolute Gasteiger partial charge is 0.338 e. The molecular weight excluding hydrogens is 408 g/mol. The first kappa shape index (κ1) is 20.8. The van der Waals surface area contributed by atoms with Crippen LogP contribution < -0.4 is 15.4 Å². The molecule has 0 aromatic heterocycles. The average Bonchev–Trinajstić information content (AvgIpc) is 3.45. The predicted molar refractivity (Wildman–Crippen MR) is 108 cm³/mol. The molecule has 1 saturated carbocycles. The van der Waals surface area contributed by atoms with Crippen LogP contribution >= 0.6 is 0 Å². The van der Waals surface area contributed by atoms with Crippen molar-refractivity contribution in [2.24, 2.45) is 5.92 Å². The van der Waals surface area contributed by atoms with Crippen molar-refractivity contribution in [1.82, 2.24) is 20.3 Å². The third kappa shape index (κ3) is 3.81. The Kier molecular flexibility index (Phi) is 5.09. The highest BCUT2D eigenvalue weighted by Crippen LogP contribution is 2.31. The molecule has 1 aromatic carbocycles. The lowest BCUT2D eigenvalue weighted by molar-refractivity contribution is -0.125. The van der Waals surface area contributed by atoms with Gasteiger partial charge in [0.25, 0.3) is 11.8 Å². The van der Waals surface area contributed by atoms with Crippen LogP contribution in [-0.4, -0.2) is 55.8 Å². The molecule has 30 heavy (non-hydrogen) atoms. The molecule has 4 amide bonds. The fourth-order valence-corrected chi connectivity index (χ4v) is 5.47. The van der Waals surface area contributed by atoms with Gasteiger partial charge in [-0.25, -0.2) is 17.9 Å². The number of piperidine rings is 1. The Bertz CT molecular complexity index is 1020. The third-order valence-electron chi connectivity index (χ3n) is 6.25. The van der Waals surface area contributed by atoms with E-state index in [0.717, 1.165) is 12.8 Å². The fraction of sp³-hybridized carbons (Fsp3) is 0.550. The number of hydrogen-bond acceptors (Lipinski definition) is 5. The monoisotopic (exact) mass is 434 g/mol. The van der Waals surface area contributed by atoms with Crippen molar-refractivity contribution >= 4 is 27.9 Å². The van der Waals surface area contributed by atoms with Gasteiger partial charge in [0.1, 0.15) is 5.54 Å². The lowest BCUT2D eigenvalue weighted by atomic mass is 9.80. The lowest BCUT2D eigenvalue weighted by Gasteiger charge is -2.39. The highest BCUT2D eigenvalue weighted by atomic mass is 32.2. The predicted octanol–water partition coefficient (Wildman–Crippen LogP) is 0.886. The van der Waals surface area contributed by atoms with Crippen LogP contribution in [0.3, 0.4) is 0 Å². The molecule has 9 nitrogen and oxygen atoms in total. The number of aryl methyl sites for hydroxylation is 1. The van der Waals surface area contributed by atoms with E-state index in [2.05, 4.69) is 15.4 Å². The number of benzene rings is 1. The molecule has 3 fully saturated rings. The Hall–Kier alpha value is -2.46. The van der Waals surface area contributed by atoms with E-state index < -0.39 is 21.6 Å². The molecule has 3 aliphatic rings. The standard InChI is InChI=1S/C20H26N4O5S/c1-12-5-8-15(30(28,29)23-14-6-7-14)10-16(12)17(25)24-9-3-4-13(11-24)20(2)18(26)21-19(27)22-20/h5,8,10,13-14,23H,3-4,6-7,9,11H2,1-2H3,(H2,21,22,26,27)/t13-,20-/m1/s1. The number of likely N-dealkylation sites (tertiary alicyclic amines) is 1. The Morgan fingerprint density at radius 1 is 1.23 bits per heavy atom. The second kappa shape index (κ2) is 7.35. The molecular formula is C20H26N4O5S. The number of nitrogens with zero attached hydrogens (tertiary/aromatic N) is 1. The van der Waals surface area contributed by atoms with E-state index in [-0.39, 0.29) is 28.7 Å². The van der Waals surface area contributed by atoms with Gasteiger partial charge in [-0.3, -0.25) is 14.9 Å². The van der Waals surface area contributed by atoms with E-state index in [1.165, 1.54) is 12.1 Å². The first-order valence-electron chi connectivity index (χ1n) is 10.2. The number of amides is 4. The van der Waals surface area contributed by atoms with Gasteiger partial charge >= 0.3 is 6.03 Å². The molecule has 0 radical (unpaired) electrons. The summed E-state index contributed by atoms with van der Waals surface area (Å²) in [5.41, 5.74) is -0.0465. The number of carbonyl (C=O) groups is 3. The molecule has 0 bridgehead atoms. The van der Waals surface area contributed by atoms with E-state index in [4.69, 9.17) is 0 Å². The minimum absolute atomic E-state index is 0.0215. The summed E-state index contributed by atoms with van der Waals surface area (Å²) < 4.78 is 27.8. The second-order valence-electron chi connectivity index (χ2n) is 8.57. The SMILES string of the molecule is Cc1ccc(S(=O)(=O)NC2CC2)cc1C(=O)N1CCC[C@@H]([C@@]2(C)NC(=O)NC2=O)C1. The van der Waals surface area contributed by atoms with E-state index in [1.54, 1.807) is 24.8 Å². The molecule has 0 spiro atoms. The van der Waals surface area contributed by atoms with Crippen LogP contribution in [0.15, 0.2) is 23.1 Å². The van der Waals surface area contributed by atoms with Crippen molar-refractivity contribution in [1.29, 1.82) is 0 Å². The average molecular weight is 435 g/mol. The van der Waals surface area contributed by atoms with Gasteiger partial charge < -0.3 is 10.2 Å². The summed E-state index contributed by atoms with van der Waals surface area (Å²) in [5, 5.41) is 4.96. The molecule has 162 valence electrons. The highest BCUT2D eigenvalue weighted by Gasteiger charge is 2.49. The topological polar surface area (TPSA) is 125 Å². The molecule has 2 heterocycles. The van der Waals surface area contributed by atoms with Gasteiger partial charge in [-0.2, -0.15) is 0 Å². The summed E-state index contributed by atoms with van der Waals surface area (Å²) in [4.78, 5) is 38.9. The van der Waals surface area contributed by atoms with Gasteiger partial charge in [0.2, 0.25) is 10.0 Å². The van der Waals surface area contributed by atoms with Gasteiger partial charge in [-0.15, -0.1) is 0 Å². The van der Waals surface area contributed by atoms with Crippen molar-refractivity contribution in [3.8, 4) is 0 Å². The second-order valence-corrected chi connectivity index (χ2v) is 10.3. The summed E-state index contributed by atoms with van der Waals surface area (Å²) in [6.45, 7) is 4.26. The van der Waals surface area contributed by atoms with Crippen LogP contribution in [0.25, 0.3) is 0 Å². The van der Waals surface area contributed by atoms with Gasteiger partial charge in [0.05, 0.1) is 4.90 Å². The molecule has 2 aliphatic heterocycles. The quantitative estimate of drug-likeness (QED) is 0.594. The zero-order valence-electron chi connectivity index (χ0n) is 17.0. The maximum absolute atomic E-state index is 13.3. The summed E-state index contributed by atoms with van der Waals surface area (Å²) >= 11 is 0. The number of nitrogens with one attached hydrogen (secondary N) is 3. The molecule has 0 unspecified atom stereocenters. The number of rotatable bonds is 5. The van der Waals surface area contributed by atoms with Crippen molar-refractivity contribution < 1.29 is 22.8 Å². The Labute approximate surface area is 175 Å². The van der Waals surface area contributed by atoms with Crippen molar-refractivity contribution in [2.75, 3.05) is 13.1 Å². The Balaban J connectivity index is 1.56. The molecule has 3 N–H and O–H groups in total. The maximum atomic E-state index is 13.3. The van der Waals surface area contributed by atoms with Gasteiger partial charge in [-0.05, 0) is 57.2 Å². The number of carbonyl (C=O) groups excluding carboxylic acids is 3. The minimum Gasteiger partial charge on any atom is -0.338 e. The molecule has 4 rings (SSSR count). The number of imide groups is 1. The van der Waals surface area contributed by atoms with Gasteiger partial charge in [0, 0.05) is 30.6 Å².